The molecule has 0 fully saturated rings. The molecule has 1 amide bonds. The molecule has 8 nitrogen and oxygen atoms in total. The van der Waals surface area contributed by atoms with Gasteiger partial charge in [0, 0.05) is 11.4 Å². The lowest BCUT2D eigenvalue weighted by molar-refractivity contribution is -0.153. The van der Waals surface area contributed by atoms with Crippen molar-refractivity contribution in [3.8, 4) is 5.75 Å². The standard InChI is InChI=1S/C22H28N2O6/c1-7-29-22(27)17-11-14(3)24(15(17)4)12-20(25)30-16(5)21(26)23-18-10-13(2)8-9-19(18)28-6/h8-11,16H,7,12H2,1-6H3,(H,23,26)/t16-/m1/s1. The van der Waals surface area contributed by atoms with E-state index in [1.807, 2.05) is 13.0 Å². The monoisotopic (exact) mass is 416 g/mol. The highest BCUT2D eigenvalue weighted by molar-refractivity contribution is 5.96. The lowest BCUT2D eigenvalue weighted by Crippen LogP contribution is -2.31. The fraction of sp³-hybridized carbons (Fsp3) is 0.409. The van der Waals surface area contributed by atoms with Gasteiger partial charge in [-0.15, -0.1) is 0 Å². The Morgan fingerprint density at radius 1 is 1.13 bits per heavy atom. The van der Waals surface area contributed by atoms with E-state index in [9.17, 15) is 14.4 Å². The van der Waals surface area contributed by atoms with Crippen molar-refractivity contribution in [1.29, 1.82) is 0 Å². The predicted molar refractivity (Wildman–Crippen MR) is 112 cm³/mol. The number of carbonyl (C=O) groups excluding carboxylic acids is 3. The molecule has 8 heteroatoms. The van der Waals surface area contributed by atoms with Crippen LogP contribution in [0.2, 0.25) is 0 Å². The van der Waals surface area contributed by atoms with Gasteiger partial charge in [-0.3, -0.25) is 9.59 Å². The minimum atomic E-state index is -1.01. The van der Waals surface area contributed by atoms with Crippen LogP contribution in [0.5, 0.6) is 5.75 Å². The van der Waals surface area contributed by atoms with Crippen molar-refractivity contribution < 1.29 is 28.6 Å². The van der Waals surface area contributed by atoms with Gasteiger partial charge in [0.25, 0.3) is 5.91 Å². The van der Waals surface area contributed by atoms with E-state index in [4.69, 9.17) is 14.2 Å². The Balaban J connectivity index is 2.04. The maximum Gasteiger partial charge on any atom is 0.339 e. The van der Waals surface area contributed by atoms with Gasteiger partial charge in [0.15, 0.2) is 6.10 Å². The molecule has 0 radical (unpaired) electrons. The van der Waals surface area contributed by atoms with Crippen LogP contribution in [0.3, 0.4) is 0 Å². The maximum atomic E-state index is 12.5. The van der Waals surface area contributed by atoms with E-state index < -0.39 is 23.9 Å². The molecule has 2 rings (SSSR count). The van der Waals surface area contributed by atoms with Gasteiger partial charge in [0.2, 0.25) is 0 Å². The van der Waals surface area contributed by atoms with E-state index in [-0.39, 0.29) is 13.2 Å². The summed E-state index contributed by atoms with van der Waals surface area (Å²) in [5.41, 5.74) is 3.17. The average Bonchev–Trinajstić information content (AvgIpc) is 2.96. The van der Waals surface area contributed by atoms with Crippen LogP contribution < -0.4 is 10.1 Å². The van der Waals surface area contributed by atoms with Crippen LogP contribution in [0.4, 0.5) is 5.69 Å². The molecule has 1 N–H and O–H groups in total. The molecule has 30 heavy (non-hydrogen) atoms. The highest BCUT2D eigenvalue weighted by Gasteiger charge is 2.22. The number of ether oxygens (including phenoxy) is 3. The molecule has 1 aromatic heterocycles. The Hall–Kier alpha value is -3.29. The number of aromatic nitrogens is 1. The molecule has 0 aliphatic carbocycles. The number of amides is 1. The number of rotatable bonds is 8. The van der Waals surface area contributed by atoms with E-state index in [0.717, 1.165) is 5.56 Å². The molecule has 0 aliphatic heterocycles. The summed E-state index contributed by atoms with van der Waals surface area (Å²) in [6, 6.07) is 7.06. The first-order valence-electron chi connectivity index (χ1n) is 9.66. The first-order chi connectivity index (χ1) is 14.2. The van der Waals surface area contributed by atoms with Crippen molar-refractivity contribution >= 4 is 23.5 Å². The van der Waals surface area contributed by atoms with Gasteiger partial charge in [0.1, 0.15) is 12.3 Å². The Labute approximate surface area is 176 Å². The third-order valence-corrected chi connectivity index (χ3v) is 4.65. The van der Waals surface area contributed by atoms with Gasteiger partial charge >= 0.3 is 11.9 Å². The SMILES string of the molecule is CCOC(=O)c1cc(C)n(CC(=O)O[C@H](C)C(=O)Nc2cc(C)ccc2OC)c1C. The number of benzene rings is 1. The summed E-state index contributed by atoms with van der Waals surface area (Å²) in [5, 5.41) is 2.72. The summed E-state index contributed by atoms with van der Waals surface area (Å²) in [6.45, 7) is 8.77. The molecular formula is C22H28N2O6. The zero-order valence-electron chi connectivity index (χ0n) is 18.2. The molecule has 162 valence electrons. The fourth-order valence-electron chi connectivity index (χ4n) is 3.03. The normalized spacial score (nSPS) is 11.5. The number of esters is 2. The third kappa shape index (κ3) is 5.40. The Morgan fingerprint density at radius 2 is 1.83 bits per heavy atom. The molecule has 0 spiro atoms. The number of methoxy groups -OCH3 is 1. The van der Waals surface area contributed by atoms with Crippen LogP contribution in [0.25, 0.3) is 0 Å². The smallest absolute Gasteiger partial charge is 0.339 e. The third-order valence-electron chi connectivity index (χ3n) is 4.65. The van der Waals surface area contributed by atoms with E-state index in [2.05, 4.69) is 5.32 Å². The highest BCUT2D eigenvalue weighted by Crippen LogP contribution is 2.25. The zero-order valence-corrected chi connectivity index (χ0v) is 18.2. The number of carbonyl (C=O) groups is 3. The van der Waals surface area contributed by atoms with Crippen LogP contribution in [-0.4, -0.2) is 42.2 Å². The summed E-state index contributed by atoms with van der Waals surface area (Å²) in [4.78, 5) is 36.9. The van der Waals surface area contributed by atoms with Crippen molar-refractivity contribution in [3.63, 3.8) is 0 Å². The number of hydrogen-bond acceptors (Lipinski definition) is 6. The highest BCUT2D eigenvalue weighted by atomic mass is 16.5. The molecule has 0 saturated carbocycles. The molecule has 1 aromatic carbocycles. The lowest BCUT2D eigenvalue weighted by Gasteiger charge is -2.16. The maximum absolute atomic E-state index is 12.5. The van der Waals surface area contributed by atoms with Crippen LogP contribution >= 0.6 is 0 Å². The number of nitrogens with zero attached hydrogens (tertiary/aromatic N) is 1. The second kappa shape index (κ2) is 9.96. The molecule has 1 atom stereocenters. The summed E-state index contributed by atoms with van der Waals surface area (Å²) in [5.74, 6) is -0.992. The molecule has 0 saturated heterocycles. The minimum absolute atomic E-state index is 0.123. The second-order valence-corrected chi connectivity index (χ2v) is 6.92. The van der Waals surface area contributed by atoms with Crippen molar-refractivity contribution in [3.05, 3.63) is 46.8 Å². The summed E-state index contributed by atoms with van der Waals surface area (Å²) >= 11 is 0. The van der Waals surface area contributed by atoms with Crippen molar-refractivity contribution in [2.24, 2.45) is 0 Å². The van der Waals surface area contributed by atoms with Gasteiger partial charge < -0.3 is 24.1 Å². The first-order valence-corrected chi connectivity index (χ1v) is 9.66. The van der Waals surface area contributed by atoms with Crippen LogP contribution in [0, 0.1) is 20.8 Å². The second-order valence-electron chi connectivity index (χ2n) is 6.92. The molecule has 0 bridgehead atoms. The van der Waals surface area contributed by atoms with E-state index in [1.165, 1.54) is 14.0 Å². The molecule has 1 heterocycles. The number of nitrogens with one attached hydrogen (secondary N) is 1. The number of anilines is 1. The quantitative estimate of drug-likeness (QED) is 0.664. The Bertz CT molecular complexity index is 947. The molecule has 0 unspecified atom stereocenters. The van der Waals surface area contributed by atoms with Crippen LogP contribution in [0.1, 0.15) is 41.2 Å². The Kier molecular flexibility index (Phi) is 7.63. The summed E-state index contributed by atoms with van der Waals surface area (Å²) in [7, 11) is 1.51. The number of aryl methyl sites for hydroxylation is 2. The number of hydrogen-bond donors (Lipinski definition) is 1. The van der Waals surface area contributed by atoms with Crippen LogP contribution in [-0.2, 0) is 25.6 Å². The minimum Gasteiger partial charge on any atom is -0.495 e. The fourth-order valence-corrected chi connectivity index (χ4v) is 3.03. The zero-order chi connectivity index (χ0) is 22.4. The van der Waals surface area contributed by atoms with Gasteiger partial charge in [-0.05, 0) is 58.4 Å². The predicted octanol–water partition coefficient (Wildman–Crippen LogP) is 3.17. The van der Waals surface area contributed by atoms with Crippen molar-refractivity contribution in [1.82, 2.24) is 4.57 Å². The van der Waals surface area contributed by atoms with Gasteiger partial charge in [-0.2, -0.15) is 0 Å². The largest absolute Gasteiger partial charge is 0.495 e. The van der Waals surface area contributed by atoms with Crippen molar-refractivity contribution in [2.45, 2.75) is 47.3 Å². The van der Waals surface area contributed by atoms with Crippen molar-refractivity contribution in [2.75, 3.05) is 19.0 Å². The lowest BCUT2D eigenvalue weighted by atomic mass is 10.2. The van der Waals surface area contributed by atoms with Crippen LogP contribution in [0.15, 0.2) is 24.3 Å². The molecular weight excluding hydrogens is 388 g/mol. The first kappa shape index (κ1) is 23.0. The summed E-state index contributed by atoms with van der Waals surface area (Å²) in [6.07, 6.45) is -1.01. The average molecular weight is 416 g/mol. The van der Waals surface area contributed by atoms with Gasteiger partial charge in [-0.25, -0.2) is 4.79 Å². The molecule has 0 aliphatic rings. The van der Waals surface area contributed by atoms with E-state index in [1.54, 1.807) is 43.5 Å². The summed E-state index contributed by atoms with van der Waals surface area (Å²) < 4.78 is 17.2. The van der Waals surface area contributed by atoms with Gasteiger partial charge in [-0.1, -0.05) is 6.07 Å². The Morgan fingerprint density at radius 3 is 2.47 bits per heavy atom. The molecule has 2 aromatic rings. The van der Waals surface area contributed by atoms with E-state index >= 15 is 0 Å². The van der Waals surface area contributed by atoms with E-state index in [0.29, 0.717) is 28.4 Å². The topological polar surface area (TPSA) is 95.9 Å². The van der Waals surface area contributed by atoms with Gasteiger partial charge in [0.05, 0.1) is 25.0 Å².